The fourth-order valence-electron chi connectivity index (χ4n) is 2.68. The molecule has 2 aromatic rings. The number of likely N-dealkylation sites (N-methyl/N-ethyl adjacent to an activating group) is 1. The lowest BCUT2D eigenvalue weighted by molar-refractivity contribution is -0.143. The van der Waals surface area contributed by atoms with E-state index in [0.29, 0.717) is 31.1 Å². The average molecular weight is 362 g/mol. The van der Waals surface area contributed by atoms with Gasteiger partial charge in [-0.2, -0.15) is 0 Å². The Balaban J connectivity index is 2.14. The first-order valence-electron chi connectivity index (χ1n) is 8.47. The van der Waals surface area contributed by atoms with E-state index in [-0.39, 0.29) is 6.10 Å². The zero-order valence-corrected chi connectivity index (χ0v) is 15.6. The molecule has 0 bridgehead atoms. The number of hydrogen-bond donors (Lipinski definition) is 1. The molecule has 0 radical (unpaired) electrons. The molecule has 1 aromatic heterocycles. The van der Waals surface area contributed by atoms with Gasteiger partial charge in [0.1, 0.15) is 23.9 Å². The lowest BCUT2D eigenvalue weighted by atomic mass is 10.1. The minimum absolute atomic E-state index is 0.0669. The summed E-state index contributed by atoms with van der Waals surface area (Å²) in [6, 6.07) is 6.35. The summed E-state index contributed by atoms with van der Waals surface area (Å²) in [5.74, 6) is 0.485. The number of carboxylic acids is 1. The van der Waals surface area contributed by atoms with Crippen molar-refractivity contribution in [3.05, 3.63) is 42.0 Å². The molecule has 1 aromatic carbocycles. The zero-order valence-electron chi connectivity index (χ0n) is 15.6. The zero-order chi connectivity index (χ0) is 19.1. The number of hydrogen-bond acceptors (Lipinski definition) is 6. The second-order valence-electron chi connectivity index (χ2n) is 6.32. The lowest BCUT2D eigenvalue weighted by Gasteiger charge is -2.25. The molecule has 0 fully saturated rings. The molecule has 1 heterocycles. The van der Waals surface area contributed by atoms with E-state index in [4.69, 9.17) is 9.47 Å². The third kappa shape index (κ3) is 5.27. The first-order chi connectivity index (χ1) is 12.4. The van der Waals surface area contributed by atoms with Gasteiger partial charge < -0.3 is 19.1 Å². The number of rotatable bonds is 10. The Morgan fingerprint density at radius 1 is 1.31 bits per heavy atom. The van der Waals surface area contributed by atoms with Crippen LogP contribution in [0.5, 0.6) is 5.75 Å². The van der Waals surface area contributed by atoms with Crippen LogP contribution in [0.25, 0.3) is 0 Å². The summed E-state index contributed by atoms with van der Waals surface area (Å²) in [5, 5.41) is 17.7. The van der Waals surface area contributed by atoms with Crippen molar-refractivity contribution < 1.29 is 19.4 Å². The molecule has 26 heavy (non-hydrogen) atoms. The predicted molar refractivity (Wildman–Crippen MR) is 95.9 cm³/mol. The molecule has 0 saturated heterocycles. The van der Waals surface area contributed by atoms with Crippen LogP contribution in [0.4, 0.5) is 0 Å². The molecule has 1 N–H and O–H groups in total. The normalized spacial score (nSPS) is 12.5. The van der Waals surface area contributed by atoms with Gasteiger partial charge in [-0.1, -0.05) is 12.1 Å². The maximum Gasteiger partial charge on any atom is 0.325 e. The van der Waals surface area contributed by atoms with Crippen LogP contribution < -0.4 is 4.74 Å². The Bertz CT molecular complexity index is 699. The minimum atomic E-state index is -0.923. The molecule has 1 atom stereocenters. The highest BCUT2D eigenvalue weighted by atomic mass is 16.5. The van der Waals surface area contributed by atoms with Crippen LogP contribution in [0.15, 0.2) is 30.6 Å². The minimum Gasteiger partial charge on any atom is -0.491 e. The quantitative estimate of drug-likeness (QED) is 0.691. The van der Waals surface area contributed by atoms with E-state index in [9.17, 15) is 9.90 Å². The van der Waals surface area contributed by atoms with Gasteiger partial charge in [0, 0.05) is 13.7 Å². The maximum atomic E-state index is 11.9. The smallest absolute Gasteiger partial charge is 0.325 e. The van der Waals surface area contributed by atoms with Crippen molar-refractivity contribution in [2.75, 3.05) is 20.8 Å². The number of ether oxygens (including phenoxy) is 2. The molecule has 142 valence electrons. The summed E-state index contributed by atoms with van der Waals surface area (Å²) < 4.78 is 12.5. The van der Waals surface area contributed by atoms with Crippen LogP contribution in [-0.4, -0.2) is 57.6 Å². The van der Waals surface area contributed by atoms with E-state index in [1.54, 1.807) is 49.7 Å². The van der Waals surface area contributed by atoms with E-state index in [0.717, 1.165) is 5.75 Å². The summed E-state index contributed by atoms with van der Waals surface area (Å²) in [6.45, 7) is 5.40. The SMILES string of the molecule is COCCn1cnnc1CN(C)C(C(=O)O)c1ccc(OC(C)C)cc1. The number of carbonyl (C=O) groups is 1. The topological polar surface area (TPSA) is 89.7 Å². The van der Waals surface area contributed by atoms with Gasteiger partial charge in [0.25, 0.3) is 0 Å². The van der Waals surface area contributed by atoms with Crippen LogP contribution >= 0.6 is 0 Å². The standard InChI is InChI=1S/C18H26N4O4/c1-13(2)26-15-7-5-14(6-8-15)17(18(23)24)21(3)11-16-20-19-12-22(16)9-10-25-4/h5-8,12-13,17H,9-11H2,1-4H3,(H,23,24). The highest BCUT2D eigenvalue weighted by Crippen LogP contribution is 2.24. The fraction of sp³-hybridized carbons (Fsp3) is 0.500. The number of carboxylic acid groups (broad SMARTS) is 1. The van der Waals surface area contributed by atoms with E-state index in [1.165, 1.54) is 0 Å². The molecule has 0 amide bonds. The van der Waals surface area contributed by atoms with Gasteiger partial charge in [-0.15, -0.1) is 10.2 Å². The largest absolute Gasteiger partial charge is 0.491 e. The van der Waals surface area contributed by atoms with Crippen molar-refractivity contribution in [2.24, 2.45) is 0 Å². The molecule has 0 spiro atoms. The molecule has 8 nitrogen and oxygen atoms in total. The average Bonchev–Trinajstić information content (AvgIpc) is 3.01. The first-order valence-corrected chi connectivity index (χ1v) is 8.47. The van der Waals surface area contributed by atoms with Crippen LogP contribution in [0, 0.1) is 0 Å². The first kappa shape index (κ1) is 19.9. The van der Waals surface area contributed by atoms with Crippen LogP contribution in [0.3, 0.4) is 0 Å². The second kappa shape index (κ2) is 9.30. The summed E-state index contributed by atoms with van der Waals surface area (Å²) in [5.41, 5.74) is 0.680. The molecule has 0 aliphatic carbocycles. The lowest BCUT2D eigenvalue weighted by Crippen LogP contribution is -2.31. The summed E-state index contributed by atoms with van der Waals surface area (Å²) in [7, 11) is 3.38. The van der Waals surface area contributed by atoms with Gasteiger partial charge in [-0.25, -0.2) is 0 Å². The van der Waals surface area contributed by atoms with Gasteiger partial charge in [-0.05, 0) is 38.6 Å². The molecular weight excluding hydrogens is 336 g/mol. The van der Waals surface area contributed by atoms with Crippen molar-refractivity contribution in [1.29, 1.82) is 0 Å². The Hall–Kier alpha value is -2.45. The van der Waals surface area contributed by atoms with Crippen LogP contribution in [-0.2, 0) is 22.6 Å². The summed E-state index contributed by atoms with van der Waals surface area (Å²) in [4.78, 5) is 13.6. The van der Waals surface area contributed by atoms with Gasteiger partial charge in [-0.3, -0.25) is 9.69 Å². The van der Waals surface area contributed by atoms with E-state index in [2.05, 4.69) is 10.2 Å². The number of aromatic nitrogens is 3. The van der Waals surface area contributed by atoms with E-state index < -0.39 is 12.0 Å². The van der Waals surface area contributed by atoms with E-state index >= 15 is 0 Å². The third-order valence-electron chi connectivity index (χ3n) is 3.87. The molecule has 2 rings (SSSR count). The van der Waals surface area contributed by atoms with Crippen molar-refractivity contribution >= 4 is 5.97 Å². The fourth-order valence-corrected chi connectivity index (χ4v) is 2.68. The molecule has 1 unspecified atom stereocenters. The number of methoxy groups -OCH3 is 1. The monoisotopic (exact) mass is 362 g/mol. The van der Waals surface area contributed by atoms with Gasteiger partial charge in [0.2, 0.25) is 0 Å². The molecule has 0 aliphatic heterocycles. The van der Waals surface area contributed by atoms with Gasteiger partial charge >= 0.3 is 5.97 Å². The molecule has 0 saturated carbocycles. The van der Waals surface area contributed by atoms with Crippen LogP contribution in [0.2, 0.25) is 0 Å². The summed E-state index contributed by atoms with van der Waals surface area (Å²) >= 11 is 0. The highest BCUT2D eigenvalue weighted by molar-refractivity contribution is 5.75. The predicted octanol–water partition coefficient (Wildman–Crippen LogP) is 1.97. The van der Waals surface area contributed by atoms with Crippen molar-refractivity contribution in [3.63, 3.8) is 0 Å². The number of aliphatic carboxylic acids is 1. The van der Waals surface area contributed by atoms with Gasteiger partial charge in [0.05, 0.1) is 19.3 Å². The highest BCUT2D eigenvalue weighted by Gasteiger charge is 2.26. The summed E-state index contributed by atoms with van der Waals surface area (Å²) in [6.07, 6.45) is 1.69. The molecular formula is C18H26N4O4. The Morgan fingerprint density at radius 2 is 2.00 bits per heavy atom. The van der Waals surface area contributed by atoms with Crippen molar-refractivity contribution in [2.45, 2.75) is 39.1 Å². The Morgan fingerprint density at radius 3 is 2.58 bits per heavy atom. The van der Waals surface area contributed by atoms with Crippen LogP contribution in [0.1, 0.15) is 31.3 Å². The molecule has 8 heteroatoms. The Kier molecular flexibility index (Phi) is 7.11. The Labute approximate surface area is 153 Å². The molecule has 0 aliphatic rings. The van der Waals surface area contributed by atoms with E-state index in [1.807, 2.05) is 18.4 Å². The number of benzene rings is 1. The van der Waals surface area contributed by atoms with Crippen molar-refractivity contribution in [1.82, 2.24) is 19.7 Å². The maximum absolute atomic E-state index is 11.9. The van der Waals surface area contributed by atoms with Crippen molar-refractivity contribution in [3.8, 4) is 5.75 Å². The third-order valence-corrected chi connectivity index (χ3v) is 3.87. The number of nitrogens with zero attached hydrogens (tertiary/aromatic N) is 4. The second-order valence-corrected chi connectivity index (χ2v) is 6.32. The van der Waals surface area contributed by atoms with Gasteiger partial charge in [0.15, 0.2) is 0 Å².